The molecule has 0 bridgehead atoms. The van der Waals surface area contributed by atoms with Crippen LogP contribution in [0.5, 0.6) is 23.0 Å². The van der Waals surface area contributed by atoms with Crippen LogP contribution in [-0.4, -0.2) is 30.4 Å². The Bertz CT molecular complexity index is 1260. The van der Waals surface area contributed by atoms with Crippen LogP contribution in [0.3, 0.4) is 0 Å². The van der Waals surface area contributed by atoms with Crippen LogP contribution >= 0.6 is 0 Å². The Kier molecular flexibility index (Phi) is 8.28. The zero-order chi connectivity index (χ0) is 24.5. The molecule has 0 atom stereocenters. The lowest BCUT2D eigenvalue weighted by atomic mass is 10.1. The molecule has 3 aromatic carbocycles. The molecule has 0 saturated carbocycles. The molecule has 1 heterocycles. The summed E-state index contributed by atoms with van der Waals surface area (Å²) in [6.07, 6.45) is 4.54. The van der Waals surface area contributed by atoms with E-state index in [1.165, 1.54) is 0 Å². The Labute approximate surface area is 206 Å². The summed E-state index contributed by atoms with van der Waals surface area (Å²) in [7, 11) is 3.31. The molecule has 6 heteroatoms. The summed E-state index contributed by atoms with van der Waals surface area (Å²) in [6.45, 7) is 5.61. The van der Waals surface area contributed by atoms with Crippen LogP contribution in [0.4, 0.5) is 0 Å². The van der Waals surface area contributed by atoms with Crippen LogP contribution in [0.1, 0.15) is 24.2 Å². The van der Waals surface area contributed by atoms with E-state index in [0.717, 1.165) is 71.2 Å². The highest BCUT2D eigenvalue weighted by atomic mass is 16.5. The predicted octanol–water partition coefficient (Wildman–Crippen LogP) is 6.22. The van der Waals surface area contributed by atoms with Gasteiger partial charge in [0.1, 0.15) is 23.9 Å². The van der Waals surface area contributed by atoms with Crippen molar-refractivity contribution in [3.63, 3.8) is 0 Å². The van der Waals surface area contributed by atoms with Gasteiger partial charge >= 0.3 is 0 Å². The van der Waals surface area contributed by atoms with E-state index in [1.807, 2.05) is 66.7 Å². The van der Waals surface area contributed by atoms with Crippen LogP contribution in [-0.2, 0) is 19.6 Å². The number of imidazole rings is 1. The number of allylic oxidation sites excluding steroid dienone is 1. The van der Waals surface area contributed by atoms with Crippen molar-refractivity contribution >= 4 is 11.0 Å². The van der Waals surface area contributed by atoms with Gasteiger partial charge in [0.25, 0.3) is 0 Å². The molecular weight excluding hydrogens is 440 g/mol. The lowest BCUT2D eigenvalue weighted by molar-refractivity contribution is 0.277. The predicted molar refractivity (Wildman–Crippen MR) is 139 cm³/mol. The highest BCUT2D eigenvalue weighted by molar-refractivity contribution is 5.75. The van der Waals surface area contributed by atoms with E-state index in [1.54, 1.807) is 14.2 Å². The van der Waals surface area contributed by atoms with E-state index in [0.29, 0.717) is 13.2 Å². The first-order valence-electron chi connectivity index (χ1n) is 11.8. The molecule has 0 aliphatic carbocycles. The summed E-state index contributed by atoms with van der Waals surface area (Å²) < 4.78 is 25.1. The molecule has 35 heavy (non-hydrogen) atoms. The number of fused-ring (bicyclic) bond motifs is 1. The molecule has 0 radical (unpaired) electrons. The number of unbranched alkanes of at least 4 members (excludes halogenated alkanes) is 1. The molecule has 0 saturated heterocycles. The third kappa shape index (κ3) is 6.15. The summed E-state index contributed by atoms with van der Waals surface area (Å²) in [5.74, 6) is 3.93. The van der Waals surface area contributed by atoms with E-state index in [2.05, 4.69) is 17.2 Å². The van der Waals surface area contributed by atoms with Crippen LogP contribution in [0.25, 0.3) is 11.0 Å². The topological polar surface area (TPSA) is 54.7 Å². The Hall–Kier alpha value is -3.93. The summed E-state index contributed by atoms with van der Waals surface area (Å²) >= 11 is 0. The quantitative estimate of drug-likeness (QED) is 0.171. The normalized spacial score (nSPS) is 10.8. The maximum Gasteiger partial charge on any atom is 0.161 e. The van der Waals surface area contributed by atoms with Crippen molar-refractivity contribution in [2.45, 2.75) is 32.4 Å². The standard InChI is InChI=1S/C29H32N2O4/c1-4-10-22-15-16-27(28(19-22)33-3)34-18-8-7-17-31-26-14-6-5-13-25(26)30-29(31)21-35-24-12-9-11-23(20-24)32-2/h4-6,9,11-16,19-20H,1,7-8,10,17-18,21H2,2-3H3. The average molecular weight is 473 g/mol. The molecular formula is C29H32N2O4. The Balaban J connectivity index is 1.37. The van der Waals surface area contributed by atoms with Gasteiger partial charge in [-0.05, 0) is 61.2 Å². The van der Waals surface area contributed by atoms with Gasteiger partial charge in [-0.15, -0.1) is 6.58 Å². The van der Waals surface area contributed by atoms with Gasteiger partial charge in [-0.25, -0.2) is 4.98 Å². The molecule has 0 aliphatic heterocycles. The zero-order valence-corrected chi connectivity index (χ0v) is 20.4. The zero-order valence-electron chi connectivity index (χ0n) is 20.4. The Morgan fingerprint density at radius 1 is 0.857 bits per heavy atom. The number of aryl methyl sites for hydroxylation is 1. The van der Waals surface area contributed by atoms with Gasteiger partial charge in [0, 0.05) is 12.6 Å². The second-order valence-corrected chi connectivity index (χ2v) is 8.17. The highest BCUT2D eigenvalue weighted by Gasteiger charge is 2.12. The number of hydrogen-bond acceptors (Lipinski definition) is 5. The van der Waals surface area contributed by atoms with Gasteiger partial charge in [-0.1, -0.05) is 30.3 Å². The summed E-state index contributed by atoms with van der Waals surface area (Å²) in [6, 6.07) is 21.8. The summed E-state index contributed by atoms with van der Waals surface area (Å²) in [5, 5.41) is 0. The molecule has 0 aliphatic rings. The molecule has 4 aromatic rings. The Morgan fingerprint density at radius 3 is 2.54 bits per heavy atom. The number of benzene rings is 3. The smallest absolute Gasteiger partial charge is 0.161 e. The van der Waals surface area contributed by atoms with Crippen molar-refractivity contribution in [1.82, 2.24) is 9.55 Å². The number of aromatic nitrogens is 2. The first-order chi connectivity index (χ1) is 17.2. The van der Waals surface area contributed by atoms with E-state index < -0.39 is 0 Å². The minimum atomic E-state index is 0.382. The minimum absolute atomic E-state index is 0.382. The van der Waals surface area contributed by atoms with Crippen molar-refractivity contribution in [1.29, 1.82) is 0 Å². The third-order valence-corrected chi connectivity index (χ3v) is 5.78. The van der Waals surface area contributed by atoms with E-state index in [-0.39, 0.29) is 0 Å². The first kappa shape index (κ1) is 24.2. The number of rotatable bonds is 13. The van der Waals surface area contributed by atoms with Gasteiger partial charge in [-0.2, -0.15) is 0 Å². The number of hydrogen-bond donors (Lipinski definition) is 0. The molecule has 1 aromatic heterocycles. The molecule has 0 amide bonds. The van der Waals surface area contributed by atoms with Crippen molar-refractivity contribution in [3.05, 3.63) is 90.8 Å². The summed E-state index contributed by atoms with van der Waals surface area (Å²) in [4.78, 5) is 4.81. The van der Waals surface area contributed by atoms with E-state index >= 15 is 0 Å². The lowest BCUT2D eigenvalue weighted by Gasteiger charge is -2.13. The van der Waals surface area contributed by atoms with E-state index in [4.69, 9.17) is 23.9 Å². The number of ether oxygens (including phenoxy) is 4. The van der Waals surface area contributed by atoms with Crippen molar-refractivity contribution in [2.75, 3.05) is 20.8 Å². The largest absolute Gasteiger partial charge is 0.497 e. The maximum atomic E-state index is 6.03. The van der Waals surface area contributed by atoms with Gasteiger partial charge in [0.05, 0.1) is 31.9 Å². The molecule has 6 nitrogen and oxygen atoms in total. The van der Waals surface area contributed by atoms with Crippen molar-refractivity contribution < 1.29 is 18.9 Å². The molecule has 0 unspecified atom stereocenters. The molecule has 4 rings (SSSR count). The second-order valence-electron chi connectivity index (χ2n) is 8.17. The van der Waals surface area contributed by atoms with Crippen LogP contribution < -0.4 is 18.9 Å². The lowest BCUT2D eigenvalue weighted by Crippen LogP contribution is -2.09. The number of para-hydroxylation sites is 2. The van der Waals surface area contributed by atoms with Crippen LogP contribution in [0.15, 0.2) is 79.4 Å². The SMILES string of the molecule is C=CCc1ccc(OCCCCn2c(COc3cccc(OC)c3)nc3ccccc32)c(OC)c1. The number of nitrogens with zero attached hydrogens (tertiary/aromatic N) is 2. The van der Waals surface area contributed by atoms with Crippen LogP contribution in [0, 0.1) is 0 Å². The van der Waals surface area contributed by atoms with Gasteiger partial charge < -0.3 is 23.5 Å². The van der Waals surface area contributed by atoms with Gasteiger partial charge in [-0.3, -0.25) is 0 Å². The average Bonchev–Trinajstić information content (AvgIpc) is 3.25. The first-order valence-corrected chi connectivity index (χ1v) is 11.8. The fourth-order valence-electron chi connectivity index (χ4n) is 4.00. The second kappa shape index (κ2) is 12.0. The fraction of sp³-hybridized carbons (Fsp3) is 0.276. The maximum absolute atomic E-state index is 6.03. The molecule has 0 spiro atoms. The third-order valence-electron chi connectivity index (χ3n) is 5.78. The molecule has 182 valence electrons. The molecule has 0 N–H and O–H groups in total. The van der Waals surface area contributed by atoms with Crippen LogP contribution in [0.2, 0.25) is 0 Å². The highest BCUT2D eigenvalue weighted by Crippen LogP contribution is 2.29. The fourth-order valence-corrected chi connectivity index (χ4v) is 4.00. The molecule has 0 fully saturated rings. The van der Waals surface area contributed by atoms with Crippen molar-refractivity contribution in [2.24, 2.45) is 0 Å². The number of methoxy groups -OCH3 is 2. The van der Waals surface area contributed by atoms with Gasteiger partial charge in [0.2, 0.25) is 0 Å². The summed E-state index contributed by atoms with van der Waals surface area (Å²) in [5.41, 5.74) is 3.23. The minimum Gasteiger partial charge on any atom is -0.497 e. The van der Waals surface area contributed by atoms with Gasteiger partial charge in [0.15, 0.2) is 11.5 Å². The monoisotopic (exact) mass is 472 g/mol. The Morgan fingerprint density at radius 2 is 1.71 bits per heavy atom. The van der Waals surface area contributed by atoms with E-state index in [9.17, 15) is 0 Å². The van der Waals surface area contributed by atoms with Crippen molar-refractivity contribution in [3.8, 4) is 23.0 Å².